The van der Waals surface area contributed by atoms with Crippen LogP contribution in [0.3, 0.4) is 0 Å². The fraction of sp³-hybridized carbons (Fsp3) is 0.333. The number of hydrogen-bond donors (Lipinski definition) is 2. The second kappa shape index (κ2) is 9.07. The minimum absolute atomic E-state index is 0.144. The van der Waals surface area contributed by atoms with Gasteiger partial charge >= 0.3 is 0 Å². The summed E-state index contributed by atoms with van der Waals surface area (Å²) >= 11 is 0. The SMILES string of the molecule is OCCCOc1ccc(-c2ccc(OCCCO)cc2)cc1. The molecule has 4 nitrogen and oxygen atoms in total. The summed E-state index contributed by atoms with van der Waals surface area (Å²) in [6.07, 6.45) is 1.28. The van der Waals surface area contributed by atoms with Crippen molar-refractivity contribution in [3.05, 3.63) is 48.5 Å². The summed E-state index contributed by atoms with van der Waals surface area (Å²) in [5, 5.41) is 17.4. The van der Waals surface area contributed by atoms with E-state index in [9.17, 15) is 0 Å². The third-order valence-corrected chi connectivity index (χ3v) is 3.18. The molecule has 2 rings (SSSR count). The molecule has 2 N–H and O–H groups in total. The maximum atomic E-state index is 8.72. The molecular formula is C18H22O4. The van der Waals surface area contributed by atoms with E-state index in [1.54, 1.807) is 0 Å². The highest BCUT2D eigenvalue weighted by Gasteiger charge is 2.00. The molecule has 0 aliphatic carbocycles. The van der Waals surface area contributed by atoms with Crippen molar-refractivity contribution >= 4 is 0 Å². The molecule has 4 heteroatoms. The van der Waals surface area contributed by atoms with E-state index in [2.05, 4.69) is 0 Å². The van der Waals surface area contributed by atoms with Crippen LogP contribution in [0.2, 0.25) is 0 Å². The first-order chi connectivity index (χ1) is 10.8. The third kappa shape index (κ3) is 5.06. The second-order valence-corrected chi connectivity index (χ2v) is 4.90. The Morgan fingerprint density at radius 1 is 0.591 bits per heavy atom. The van der Waals surface area contributed by atoms with Gasteiger partial charge in [-0.2, -0.15) is 0 Å². The quantitative estimate of drug-likeness (QED) is 0.699. The minimum atomic E-state index is 0.144. The smallest absolute Gasteiger partial charge is 0.119 e. The van der Waals surface area contributed by atoms with Crippen molar-refractivity contribution in [3.63, 3.8) is 0 Å². The van der Waals surface area contributed by atoms with Gasteiger partial charge in [0.15, 0.2) is 0 Å². The summed E-state index contributed by atoms with van der Waals surface area (Å²) in [6, 6.07) is 15.8. The Morgan fingerprint density at radius 2 is 0.955 bits per heavy atom. The van der Waals surface area contributed by atoms with Gasteiger partial charge < -0.3 is 19.7 Å². The van der Waals surface area contributed by atoms with Crippen LogP contribution in [-0.4, -0.2) is 36.6 Å². The maximum absolute atomic E-state index is 8.72. The molecule has 0 aliphatic rings. The number of aliphatic hydroxyl groups is 2. The summed E-state index contributed by atoms with van der Waals surface area (Å²) in [5.41, 5.74) is 2.22. The van der Waals surface area contributed by atoms with Crippen LogP contribution >= 0.6 is 0 Å². The molecule has 0 radical (unpaired) electrons. The van der Waals surface area contributed by atoms with E-state index in [1.807, 2.05) is 48.5 Å². The van der Waals surface area contributed by atoms with E-state index in [4.69, 9.17) is 19.7 Å². The fourth-order valence-corrected chi connectivity index (χ4v) is 2.00. The minimum Gasteiger partial charge on any atom is -0.494 e. The van der Waals surface area contributed by atoms with E-state index < -0.39 is 0 Å². The normalized spacial score (nSPS) is 10.5. The second-order valence-electron chi connectivity index (χ2n) is 4.90. The fourth-order valence-electron chi connectivity index (χ4n) is 2.00. The predicted octanol–water partition coefficient (Wildman–Crippen LogP) is 2.88. The molecule has 0 unspecified atom stereocenters. The Balaban J connectivity index is 1.93. The van der Waals surface area contributed by atoms with E-state index in [0.717, 1.165) is 22.6 Å². The van der Waals surface area contributed by atoms with E-state index in [-0.39, 0.29) is 13.2 Å². The first-order valence-electron chi connectivity index (χ1n) is 7.51. The van der Waals surface area contributed by atoms with Crippen LogP contribution in [0.25, 0.3) is 11.1 Å². The van der Waals surface area contributed by atoms with E-state index in [1.165, 1.54) is 0 Å². The average molecular weight is 302 g/mol. The topological polar surface area (TPSA) is 58.9 Å². The van der Waals surface area contributed by atoms with Crippen LogP contribution in [0.1, 0.15) is 12.8 Å². The molecule has 118 valence electrons. The molecule has 0 heterocycles. The van der Waals surface area contributed by atoms with Crippen molar-refractivity contribution in [2.45, 2.75) is 12.8 Å². The number of hydrogen-bond acceptors (Lipinski definition) is 4. The molecule has 0 fully saturated rings. The standard InChI is InChI=1S/C18H22O4/c19-11-1-13-21-17-7-3-15(4-8-17)16-5-9-18(10-6-16)22-14-2-12-20/h3-10,19-20H,1-2,11-14H2. The van der Waals surface area contributed by atoms with Crippen LogP contribution in [0.5, 0.6) is 11.5 Å². The zero-order valence-corrected chi connectivity index (χ0v) is 12.6. The van der Waals surface area contributed by atoms with Crippen LogP contribution in [-0.2, 0) is 0 Å². The summed E-state index contributed by atoms with van der Waals surface area (Å²) in [4.78, 5) is 0. The maximum Gasteiger partial charge on any atom is 0.119 e. The van der Waals surface area contributed by atoms with Crippen molar-refractivity contribution in [3.8, 4) is 22.6 Å². The lowest BCUT2D eigenvalue weighted by Crippen LogP contribution is -1.99. The number of ether oxygens (including phenoxy) is 2. The molecule has 2 aromatic rings. The largest absolute Gasteiger partial charge is 0.494 e. The van der Waals surface area contributed by atoms with Gasteiger partial charge in [-0.05, 0) is 35.4 Å². The van der Waals surface area contributed by atoms with Gasteiger partial charge in [0.05, 0.1) is 13.2 Å². The molecule has 22 heavy (non-hydrogen) atoms. The first-order valence-corrected chi connectivity index (χ1v) is 7.51. The lowest BCUT2D eigenvalue weighted by Gasteiger charge is -2.08. The van der Waals surface area contributed by atoms with Crippen LogP contribution in [0.4, 0.5) is 0 Å². The molecule has 0 aromatic heterocycles. The van der Waals surface area contributed by atoms with Gasteiger partial charge in [-0.25, -0.2) is 0 Å². The van der Waals surface area contributed by atoms with Crippen molar-refractivity contribution in [1.82, 2.24) is 0 Å². The van der Waals surface area contributed by atoms with Gasteiger partial charge in [0.1, 0.15) is 11.5 Å². The molecule has 0 atom stereocenters. The van der Waals surface area contributed by atoms with Crippen molar-refractivity contribution in [2.75, 3.05) is 26.4 Å². The molecule has 0 spiro atoms. The Morgan fingerprint density at radius 3 is 1.27 bits per heavy atom. The molecular weight excluding hydrogens is 280 g/mol. The van der Waals surface area contributed by atoms with Gasteiger partial charge in [0.2, 0.25) is 0 Å². The molecule has 0 amide bonds. The lowest BCUT2D eigenvalue weighted by molar-refractivity contribution is 0.233. The zero-order chi connectivity index (χ0) is 15.6. The number of rotatable bonds is 9. The van der Waals surface area contributed by atoms with Gasteiger partial charge in [-0.1, -0.05) is 24.3 Å². The highest BCUT2D eigenvalue weighted by molar-refractivity contribution is 5.64. The Hall–Kier alpha value is -2.04. The highest BCUT2D eigenvalue weighted by Crippen LogP contribution is 2.24. The van der Waals surface area contributed by atoms with Gasteiger partial charge in [0.25, 0.3) is 0 Å². The number of benzene rings is 2. The molecule has 2 aromatic carbocycles. The van der Waals surface area contributed by atoms with Gasteiger partial charge in [0, 0.05) is 26.1 Å². The van der Waals surface area contributed by atoms with Gasteiger partial charge in [-0.3, -0.25) is 0 Å². The van der Waals surface area contributed by atoms with Crippen LogP contribution < -0.4 is 9.47 Å². The third-order valence-electron chi connectivity index (χ3n) is 3.18. The highest BCUT2D eigenvalue weighted by atomic mass is 16.5. The number of aliphatic hydroxyl groups excluding tert-OH is 2. The molecule has 0 saturated carbocycles. The first kappa shape index (κ1) is 16.3. The van der Waals surface area contributed by atoms with Crippen molar-refractivity contribution < 1.29 is 19.7 Å². The zero-order valence-electron chi connectivity index (χ0n) is 12.6. The van der Waals surface area contributed by atoms with E-state index in [0.29, 0.717) is 26.1 Å². The summed E-state index contributed by atoms with van der Waals surface area (Å²) in [5.74, 6) is 1.61. The molecule has 0 bridgehead atoms. The monoisotopic (exact) mass is 302 g/mol. The average Bonchev–Trinajstić information content (AvgIpc) is 2.57. The Bertz CT molecular complexity index is 483. The van der Waals surface area contributed by atoms with E-state index >= 15 is 0 Å². The predicted molar refractivity (Wildman–Crippen MR) is 86.3 cm³/mol. The van der Waals surface area contributed by atoms with Crippen LogP contribution in [0, 0.1) is 0 Å². The molecule has 0 aliphatic heterocycles. The Labute approximate surface area is 130 Å². The summed E-state index contributed by atoms with van der Waals surface area (Å²) in [7, 11) is 0. The van der Waals surface area contributed by atoms with Gasteiger partial charge in [-0.15, -0.1) is 0 Å². The molecule has 0 saturated heterocycles. The summed E-state index contributed by atoms with van der Waals surface area (Å²) < 4.78 is 11.0. The lowest BCUT2D eigenvalue weighted by atomic mass is 10.1. The van der Waals surface area contributed by atoms with Crippen molar-refractivity contribution in [1.29, 1.82) is 0 Å². The summed E-state index contributed by atoms with van der Waals surface area (Å²) in [6.45, 7) is 1.33. The van der Waals surface area contributed by atoms with Crippen molar-refractivity contribution in [2.24, 2.45) is 0 Å². The Kier molecular flexibility index (Phi) is 6.74. The van der Waals surface area contributed by atoms with Crippen LogP contribution in [0.15, 0.2) is 48.5 Å².